The lowest BCUT2D eigenvalue weighted by atomic mass is 10.0. The van der Waals surface area contributed by atoms with Gasteiger partial charge in [-0.25, -0.2) is 0 Å². The standard InChI is InChI=1S/C11H18N2O3/c1-7(2)10(12-16)11(15)13-5-4-8(3)9(13)6-14/h6-10H,4-5H2,1-3H3/t8-,9?,10+/m1/s1. The summed E-state index contributed by atoms with van der Waals surface area (Å²) < 4.78 is 0. The number of carbonyl (C=O) groups excluding carboxylic acids is 2. The number of hydrogen-bond donors (Lipinski definition) is 0. The van der Waals surface area contributed by atoms with Crippen molar-refractivity contribution in [3.63, 3.8) is 0 Å². The van der Waals surface area contributed by atoms with E-state index >= 15 is 0 Å². The highest BCUT2D eigenvalue weighted by atomic mass is 16.3. The summed E-state index contributed by atoms with van der Waals surface area (Å²) in [4.78, 5) is 35.0. The van der Waals surface area contributed by atoms with Crippen molar-refractivity contribution in [1.82, 2.24) is 4.90 Å². The Labute approximate surface area is 95.2 Å². The molecule has 3 atom stereocenters. The molecule has 5 nitrogen and oxygen atoms in total. The van der Waals surface area contributed by atoms with Crippen LogP contribution in [0.15, 0.2) is 5.18 Å². The van der Waals surface area contributed by atoms with Gasteiger partial charge in [-0.2, -0.15) is 0 Å². The van der Waals surface area contributed by atoms with Gasteiger partial charge in [-0.15, -0.1) is 4.91 Å². The quantitative estimate of drug-likeness (QED) is 0.534. The summed E-state index contributed by atoms with van der Waals surface area (Å²) in [5, 5.41) is 2.87. The Kier molecular flexibility index (Phi) is 4.15. The second kappa shape index (κ2) is 5.18. The van der Waals surface area contributed by atoms with Crippen LogP contribution in [-0.4, -0.2) is 35.7 Å². The second-order valence-corrected chi connectivity index (χ2v) is 4.72. The first-order valence-electron chi connectivity index (χ1n) is 5.61. The molecule has 1 heterocycles. The summed E-state index contributed by atoms with van der Waals surface area (Å²) >= 11 is 0. The van der Waals surface area contributed by atoms with Crippen molar-refractivity contribution in [2.24, 2.45) is 17.0 Å². The third-order valence-electron chi connectivity index (χ3n) is 3.19. The molecular weight excluding hydrogens is 208 g/mol. The van der Waals surface area contributed by atoms with Gasteiger partial charge in [0.15, 0.2) is 6.04 Å². The maximum atomic E-state index is 12.0. The summed E-state index contributed by atoms with van der Waals surface area (Å²) in [5.74, 6) is -0.277. The molecular formula is C11H18N2O3. The lowest BCUT2D eigenvalue weighted by Crippen LogP contribution is -2.45. The Morgan fingerprint density at radius 3 is 2.56 bits per heavy atom. The monoisotopic (exact) mass is 226 g/mol. The van der Waals surface area contributed by atoms with Crippen LogP contribution in [0.25, 0.3) is 0 Å². The smallest absolute Gasteiger partial charge is 0.251 e. The molecule has 1 aliphatic heterocycles. The molecule has 0 aromatic heterocycles. The van der Waals surface area contributed by atoms with Gasteiger partial charge < -0.3 is 9.69 Å². The van der Waals surface area contributed by atoms with E-state index in [0.29, 0.717) is 6.54 Å². The zero-order valence-electron chi connectivity index (χ0n) is 9.92. The van der Waals surface area contributed by atoms with Crippen molar-refractivity contribution in [1.29, 1.82) is 0 Å². The first-order valence-corrected chi connectivity index (χ1v) is 5.61. The highest BCUT2D eigenvalue weighted by Gasteiger charge is 2.38. The molecule has 1 fully saturated rings. The molecule has 0 aromatic carbocycles. The lowest BCUT2D eigenvalue weighted by Gasteiger charge is -2.25. The minimum atomic E-state index is -0.868. The third-order valence-corrected chi connectivity index (χ3v) is 3.19. The molecule has 1 amide bonds. The van der Waals surface area contributed by atoms with Crippen LogP contribution in [0.4, 0.5) is 0 Å². The topological polar surface area (TPSA) is 66.8 Å². The van der Waals surface area contributed by atoms with Gasteiger partial charge in [0.1, 0.15) is 6.29 Å². The first-order chi connectivity index (χ1) is 7.52. The summed E-state index contributed by atoms with van der Waals surface area (Å²) in [6, 6.07) is -1.26. The van der Waals surface area contributed by atoms with Gasteiger partial charge in [-0.1, -0.05) is 25.9 Å². The van der Waals surface area contributed by atoms with E-state index < -0.39 is 12.1 Å². The number of likely N-dealkylation sites (tertiary alicyclic amines) is 1. The van der Waals surface area contributed by atoms with Crippen LogP contribution in [0.3, 0.4) is 0 Å². The average Bonchev–Trinajstić information content (AvgIpc) is 2.59. The van der Waals surface area contributed by atoms with Crippen molar-refractivity contribution in [2.45, 2.75) is 39.3 Å². The Hall–Kier alpha value is -1.26. The van der Waals surface area contributed by atoms with Crippen LogP contribution < -0.4 is 0 Å². The molecule has 0 N–H and O–H groups in total. The number of nitroso groups, excluding NO2 is 1. The highest BCUT2D eigenvalue weighted by Crippen LogP contribution is 2.24. The van der Waals surface area contributed by atoms with Crippen LogP contribution >= 0.6 is 0 Å². The van der Waals surface area contributed by atoms with E-state index in [0.717, 1.165) is 12.7 Å². The number of amides is 1. The molecule has 90 valence electrons. The molecule has 1 saturated heterocycles. The third kappa shape index (κ3) is 2.28. The predicted octanol–water partition coefficient (Wildman–Crippen LogP) is 1.21. The Bertz CT molecular complexity index is 291. The zero-order valence-corrected chi connectivity index (χ0v) is 9.92. The molecule has 0 saturated carbocycles. The number of rotatable bonds is 4. The van der Waals surface area contributed by atoms with E-state index in [1.807, 2.05) is 6.92 Å². The molecule has 16 heavy (non-hydrogen) atoms. The number of carbonyl (C=O) groups is 2. The SMILES string of the molecule is CC(C)[C@H](N=O)C(=O)N1CC[C@@H](C)C1C=O. The van der Waals surface area contributed by atoms with Gasteiger partial charge in [0.25, 0.3) is 5.91 Å². The second-order valence-electron chi connectivity index (χ2n) is 4.72. The largest absolute Gasteiger partial charge is 0.331 e. The predicted molar refractivity (Wildman–Crippen MR) is 59.8 cm³/mol. The molecule has 0 spiro atoms. The van der Waals surface area contributed by atoms with Crippen LogP contribution in [-0.2, 0) is 9.59 Å². The van der Waals surface area contributed by atoms with Crippen molar-refractivity contribution in [3.8, 4) is 0 Å². The van der Waals surface area contributed by atoms with Gasteiger partial charge in [-0.3, -0.25) is 4.79 Å². The average molecular weight is 226 g/mol. The van der Waals surface area contributed by atoms with Crippen LogP contribution in [0.5, 0.6) is 0 Å². The number of hydrogen-bond acceptors (Lipinski definition) is 4. The van der Waals surface area contributed by atoms with Crippen molar-refractivity contribution in [2.75, 3.05) is 6.54 Å². The van der Waals surface area contributed by atoms with Gasteiger partial charge in [0.05, 0.1) is 6.04 Å². The fraction of sp³-hybridized carbons (Fsp3) is 0.818. The molecule has 1 rings (SSSR count). The Morgan fingerprint density at radius 1 is 1.50 bits per heavy atom. The fourth-order valence-electron chi connectivity index (χ4n) is 2.06. The van der Waals surface area contributed by atoms with Gasteiger partial charge >= 0.3 is 0 Å². The lowest BCUT2D eigenvalue weighted by molar-refractivity contribution is -0.137. The maximum absolute atomic E-state index is 12.0. The summed E-state index contributed by atoms with van der Waals surface area (Å²) in [6.45, 7) is 6.03. The van der Waals surface area contributed by atoms with Crippen LogP contribution in [0.2, 0.25) is 0 Å². The van der Waals surface area contributed by atoms with E-state index in [-0.39, 0.29) is 17.7 Å². The van der Waals surface area contributed by atoms with Crippen molar-refractivity contribution >= 4 is 12.2 Å². The molecule has 5 heteroatoms. The van der Waals surface area contributed by atoms with Gasteiger partial charge in [0, 0.05) is 6.54 Å². The van der Waals surface area contributed by atoms with E-state index in [1.54, 1.807) is 13.8 Å². The molecule has 0 aliphatic carbocycles. The zero-order chi connectivity index (χ0) is 12.3. The number of aldehydes is 1. The normalized spacial score (nSPS) is 26.9. The molecule has 1 unspecified atom stereocenters. The molecule has 0 aromatic rings. The van der Waals surface area contributed by atoms with E-state index in [9.17, 15) is 14.5 Å². The van der Waals surface area contributed by atoms with Gasteiger partial charge in [0.2, 0.25) is 0 Å². The summed E-state index contributed by atoms with van der Waals surface area (Å²) in [6.07, 6.45) is 1.59. The first kappa shape index (κ1) is 12.8. The van der Waals surface area contributed by atoms with Gasteiger partial charge in [-0.05, 0) is 18.3 Å². The van der Waals surface area contributed by atoms with Crippen molar-refractivity contribution < 1.29 is 9.59 Å². The summed E-state index contributed by atoms with van der Waals surface area (Å²) in [7, 11) is 0. The Balaban J connectivity index is 2.80. The molecule has 0 radical (unpaired) electrons. The Morgan fingerprint density at radius 2 is 2.12 bits per heavy atom. The maximum Gasteiger partial charge on any atom is 0.251 e. The van der Waals surface area contributed by atoms with E-state index in [1.165, 1.54) is 4.90 Å². The van der Waals surface area contributed by atoms with E-state index in [2.05, 4.69) is 5.18 Å². The van der Waals surface area contributed by atoms with E-state index in [4.69, 9.17) is 0 Å². The number of nitrogens with zero attached hydrogens (tertiary/aromatic N) is 2. The van der Waals surface area contributed by atoms with Crippen LogP contribution in [0, 0.1) is 16.7 Å². The highest BCUT2D eigenvalue weighted by molar-refractivity contribution is 5.85. The van der Waals surface area contributed by atoms with Crippen LogP contribution in [0.1, 0.15) is 27.2 Å². The van der Waals surface area contributed by atoms with Crippen molar-refractivity contribution in [3.05, 3.63) is 4.91 Å². The molecule has 1 aliphatic rings. The fourth-order valence-corrected chi connectivity index (χ4v) is 2.06. The molecule has 0 bridgehead atoms. The minimum absolute atomic E-state index is 0.131. The summed E-state index contributed by atoms with van der Waals surface area (Å²) in [5.41, 5.74) is 0. The minimum Gasteiger partial charge on any atom is -0.331 e.